The number of H-pyrrole nitrogens is 1. The van der Waals surface area contributed by atoms with Crippen LogP contribution in [0.4, 0.5) is 0 Å². The fourth-order valence-electron chi connectivity index (χ4n) is 1.17. The molecule has 0 radical (unpaired) electrons. The molecule has 0 saturated heterocycles. The molecule has 0 atom stereocenters. The minimum Gasteiger partial charge on any atom is -0.364 e. The molecule has 0 aliphatic carbocycles. The van der Waals surface area contributed by atoms with Crippen LogP contribution in [-0.2, 0) is 0 Å². The summed E-state index contributed by atoms with van der Waals surface area (Å²) in [5.74, 6) is -0.254. The zero-order chi connectivity index (χ0) is 11.4. The predicted octanol–water partition coefficient (Wildman–Crippen LogP) is 1.15. The van der Waals surface area contributed by atoms with E-state index in [1.54, 1.807) is 14.0 Å². The molecule has 0 aliphatic heterocycles. The first kappa shape index (κ1) is 12.0. The van der Waals surface area contributed by atoms with E-state index in [0.29, 0.717) is 11.9 Å². The van der Waals surface area contributed by atoms with Crippen molar-refractivity contribution in [1.82, 2.24) is 9.88 Å². The lowest BCUT2D eigenvalue weighted by Crippen LogP contribution is -2.32. The van der Waals surface area contributed by atoms with E-state index in [0.717, 1.165) is 5.69 Å². The maximum atomic E-state index is 11.8. The van der Waals surface area contributed by atoms with Crippen molar-refractivity contribution in [3.63, 3.8) is 0 Å². The summed E-state index contributed by atoms with van der Waals surface area (Å²) in [5, 5.41) is 0.693. The van der Waals surface area contributed by atoms with Crippen LogP contribution in [-0.4, -0.2) is 34.7 Å². The van der Waals surface area contributed by atoms with E-state index in [9.17, 15) is 9.59 Å². The zero-order valence-corrected chi connectivity index (χ0v) is 10.3. The van der Waals surface area contributed by atoms with Crippen molar-refractivity contribution in [3.05, 3.63) is 33.7 Å². The van der Waals surface area contributed by atoms with Crippen molar-refractivity contribution >= 4 is 21.8 Å². The summed E-state index contributed by atoms with van der Waals surface area (Å²) in [6, 6.07) is 1.43. The summed E-state index contributed by atoms with van der Waals surface area (Å²) >= 11 is 3.24. The SMILES string of the molecule is Cc1cc(=O)c(C(=O)N(C)CCBr)c[nH]1. The van der Waals surface area contributed by atoms with Gasteiger partial charge in [0, 0.05) is 36.9 Å². The molecule has 1 heterocycles. The molecule has 1 aromatic heterocycles. The van der Waals surface area contributed by atoms with Crippen LogP contribution in [0.5, 0.6) is 0 Å². The van der Waals surface area contributed by atoms with Gasteiger partial charge in [-0.25, -0.2) is 0 Å². The molecule has 82 valence electrons. The largest absolute Gasteiger partial charge is 0.364 e. The number of rotatable bonds is 3. The Labute approximate surface area is 96.4 Å². The van der Waals surface area contributed by atoms with Crippen molar-refractivity contribution < 1.29 is 4.79 Å². The maximum Gasteiger partial charge on any atom is 0.259 e. The molecule has 4 nitrogen and oxygen atoms in total. The molecule has 0 aliphatic rings. The van der Waals surface area contributed by atoms with Gasteiger partial charge in [0.2, 0.25) is 0 Å². The number of alkyl halides is 1. The average molecular weight is 273 g/mol. The molecule has 0 spiro atoms. The van der Waals surface area contributed by atoms with Crippen LogP contribution in [0.3, 0.4) is 0 Å². The quantitative estimate of drug-likeness (QED) is 0.840. The minimum atomic E-state index is -0.254. The number of nitrogens with zero attached hydrogens (tertiary/aromatic N) is 1. The van der Waals surface area contributed by atoms with E-state index in [1.807, 2.05) is 0 Å². The molecular weight excluding hydrogens is 260 g/mol. The van der Waals surface area contributed by atoms with Crippen LogP contribution in [0.2, 0.25) is 0 Å². The third-order valence-corrected chi connectivity index (χ3v) is 2.41. The number of hydrogen-bond acceptors (Lipinski definition) is 2. The lowest BCUT2D eigenvalue weighted by molar-refractivity contribution is 0.0802. The highest BCUT2D eigenvalue weighted by molar-refractivity contribution is 9.09. The molecule has 5 heteroatoms. The smallest absolute Gasteiger partial charge is 0.259 e. The van der Waals surface area contributed by atoms with E-state index >= 15 is 0 Å². The number of aromatic amines is 1. The molecule has 1 N–H and O–H groups in total. The Balaban J connectivity index is 2.96. The lowest BCUT2D eigenvalue weighted by atomic mass is 10.2. The molecule has 15 heavy (non-hydrogen) atoms. The van der Waals surface area contributed by atoms with Gasteiger partial charge in [-0.1, -0.05) is 15.9 Å². The lowest BCUT2D eigenvalue weighted by Gasteiger charge is -2.14. The fraction of sp³-hybridized carbons (Fsp3) is 0.400. The van der Waals surface area contributed by atoms with Gasteiger partial charge in [-0.05, 0) is 6.92 Å². The molecule has 0 fully saturated rings. The number of amides is 1. The standard InChI is InChI=1S/C10H13BrN2O2/c1-7-5-9(14)8(6-12-7)10(15)13(2)4-3-11/h5-6H,3-4H2,1-2H3,(H,12,14). The van der Waals surface area contributed by atoms with E-state index in [4.69, 9.17) is 0 Å². The summed E-state index contributed by atoms with van der Waals surface area (Å²) < 4.78 is 0. The zero-order valence-electron chi connectivity index (χ0n) is 8.71. The van der Waals surface area contributed by atoms with Crippen LogP contribution >= 0.6 is 15.9 Å². The minimum absolute atomic E-state index is 0.184. The second kappa shape index (κ2) is 5.11. The molecule has 0 saturated carbocycles. The molecule has 0 unspecified atom stereocenters. The van der Waals surface area contributed by atoms with Gasteiger partial charge in [0.1, 0.15) is 5.56 Å². The Bertz CT molecular complexity index is 414. The normalized spacial score (nSPS) is 10.1. The van der Waals surface area contributed by atoms with E-state index < -0.39 is 0 Å². The summed E-state index contributed by atoms with van der Waals surface area (Å²) in [4.78, 5) is 27.6. The van der Waals surface area contributed by atoms with Crippen LogP contribution in [0, 0.1) is 6.92 Å². The van der Waals surface area contributed by atoms with Crippen LogP contribution < -0.4 is 5.43 Å². The Kier molecular flexibility index (Phi) is 4.08. The third-order valence-electron chi connectivity index (χ3n) is 2.05. The number of hydrogen-bond donors (Lipinski definition) is 1. The highest BCUT2D eigenvalue weighted by atomic mass is 79.9. The predicted molar refractivity (Wildman–Crippen MR) is 62.6 cm³/mol. The van der Waals surface area contributed by atoms with Crippen molar-refractivity contribution in [2.45, 2.75) is 6.92 Å². The molecule has 1 aromatic rings. The average Bonchev–Trinajstić information content (AvgIpc) is 2.17. The number of carbonyl (C=O) groups excluding carboxylic acids is 1. The fourth-order valence-corrected chi connectivity index (χ4v) is 1.71. The monoisotopic (exact) mass is 272 g/mol. The van der Waals surface area contributed by atoms with Crippen molar-refractivity contribution in [2.24, 2.45) is 0 Å². The maximum absolute atomic E-state index is 11.8. The number of pyridine rings is 1. The van der Waals surface area contributed by atoms with Gasteiger partial charge in [0.25, 0.3) is 5.91 Å². The van der Waals surface area contributed by atoms with E-state index in [-0.39, 0.29) is 16.9 Å². The van der Waals surface area contributed by atoms with Crippen LogP contribution in [0.1, 0.15) is 16.1 Å². The molecule has 1 amide bonds. The van der Waals surface area contributed by atoms with Crippen molar-refractivity contribution in [3.8, 4) is 0 Å². The number of aromatic nitrogens is 1. The highest BCUT2D eigenvalue weighted by Crippen LogP contribution is 1.98. The highest BCUT2D eigenvalue weighted by Gasteiger charge is 2.14. The van der Waals surface area contributed by atoms with Gasteiger partial charge in [0.05, 0.1) is 0 Å². The summed E-state index contributed by atoms with van der Waals surface area (Å²) in [6.45, 7) is 2.35. The molecule has 0 aromatic carbocycles. The Morgan fingerprint density at radius 1 is 1.60 bits per heavy atom. The number of aryl methyl sites for hydroxylation is 1. The van der Waals surface area contributed by atoms with Gasteiger partial charge in [-0.3, -0.25) is 9.59 Å². The summed E-state index contributed by atoms with van der Waals surface area (Å²) in [6.07, 6.45) is 1.46. The Morgan fingerprint density at radius 3 is 2.80 bits per heavy atom. The van der Waals surface area contributed by atoms with Gasteiger partial charge in [0.15, 0.2) is 5.43 Å². The Morgan fingerprint density at radius 2 is 2.27 bits per heavy atom. The van der Waals surface area contributed by atoms with Crippen LogP contribution in [0.25, 0.3) is 0 Å². The van der Waals surface area contributed by atoms with Crippen molar-refractivity contribution in [2.75, 3.05) is 18.9 Å². The van der Waals surface area contributed by atoms with Crippen molar-refractivity contribution in [1.29, 1.82) is 0 Å². The first-order valence-corrected chi connectivity index (χ1v) is 5.69. The topological polar surface area (TPSA) is 53.2 Å². The van der Waals surface area contributed by atoms with Crippen LogP contribution in [0.15, 0.2) is 17.1 Å². The molecular formula is C10H13BrN2O2. The van der Waals surface area contributed by atoms with E-state index in [2.05, 4.69) is 20.9 Å². The first-order chi connectivity index (χ1) is 7.06. The second-order valence-electron chi connectivity index (χ2n) is 3.31. The Hall–Kier alpha value is -1.10. The first-order valence-electron chi connectivity index (χ1n) is 4.57. The summed E-state index contributed by atoms with van der Waals surface area (Å²) in [7, 11) is 1.67. The van der Waals surface area contributed by atoms with Gasteiger partial charge in [-0.15, -0.1) is 0 Å². The third kappa shape index (κ3) is 2.92. The molecule has 1 rings (SSSR count). The second-order valence-corrected chi connectivity index (χ2v) is 4.10. The van der Waals surface area contributed by atoms with Gasteiger partial charge in [-0.2, -0.15) is 0 Å². The number of carbonyl (C=O) groups is 1. The molecule has 0 bridgehead atoms. The van der Waals surface area contributed by atoms with Gasteiger partial charge >= 0.3 is 0 Å². The van der Waals surface area contributed by atoms with Gasteiger partial charge < -0.3 is 9.88 Å². The number of nitrogens with one attached hydrogen (secondary N) is 1. The number of halogens is 1. The summed E-state index contributed by atoms with van der Waals surface area (Å²) in [5.41, 5.74) is 0.696. The van der Waals surface area contributed by atoms with E-state index in [1.165, 1.54) is 17.2 Å².